The zero-order chi connectivity index (χ0) is 16.0. The van der Waals surface area contributed by atoms with E-state index in [1.54, 1.807) is 27.0 Å². The Morgan fingerprint density at radius 2 is 2.10 bits per heavy atom. The van der Waals surface area contributed by atoms with E-state index >= 15 is 0 Å². The Hall–Kier alpha value is -1.55. The highest BCUT2D eigenvalue weighted by Gasteiger charge is 2.19. The van der Waals surface area contributed by atoms with Crippen LogP contribution in [0.25, 0.3) is 0 Å². The molecular formula is C14H23N4O2P. The van der Waals surface area contributed by atoms with Gasteiger partial charge >= 0.3 is 6.09 Å². The number of unbranched alkanes of at least 4 members (excludes halogenated alkanes) is 1. The van der Waals surface area contributed by atoms with Crippen molar-refractivity contribution in [2.45, 2.75) is 53.1 Å². The molecule has 0 saturated carbocycles. The highest BCUT2D eigenvalue weighted by Crippen LogP contribution is 2.25. The predicted octanol–water partition coefficient (Wildman–Crippen LogP) is 3.13. The minimum absolute atomic E-state index is 0.356. The normalized spacial score (nSPS) is 11.7. The van der Waals surface area contributed by atoms with Crippen LogP contribution in [0.3, 0.4) is 0 Å². The van der Waals surface area contributed by atoms with Gasteiger partial charge in [-0.25, -0.2) is 14.8 Å². The molecule has 6 nitrogen and oxygen atoms in total. The number of aliphatic imine (C=N–C) groups is 1. The van der Waals surface area contributed by atoms with Crippen molar-refractivity contribution in [2.75, 3.05) is 5.32 Å². The molecule has 1 atom stereocenters. The van der Waals surface area contributed by atoms with Crippen LogP contribution in [-0.2, 0) is 4.74 Å². The summed E-state index contributed by atoms with van der Waals surface area (Å²) in [6.45, 7) is 9.31. The van der Waals surface area contributed by atoms with Gasteiger partial charge in [-0.05, 0) is 34.1 Å². The van der Waals surface area contributed by atoms with E-state index in [1.807, 2.05) is 6.92 Å². The molecule has 0 fully saturated rings. The van der Waals surface area contributed by atoms with Crippen LogP contribution in [0.2, 0.25) is 0 Å². The van der Waals surface area contributed by atoms with Crippen LogP contribution in [0, 0.1) is 6.92 Å². The molecular weight excluding hydrogens is 287 g/mol. The summed E-state index contributed by atoms with van der Waals surface area (Å²) in [6, 6.07) is 0. The standard InChI is InChI=1S/C14H23N4O2P/c1-6-7-8-15-10-9(2)16-12(21)17-11(10)18-13(19)20-14(3,4)5/h8H,6-7,21H2,1-5H3,(H,16,17,18,19). The number of hydrogen-bond donors (Lipinski definition) is 1. The van der Waals surface area contributed by atoms with Crippen LogP contribution in [0.15, 0.2) is 4.99 Å². The summed E-state index contributed by atoms with van der Waals surface area (Å²) < 4.78 is 5.23. The number of aryl methyl sites for hydroxylation is 1. The first-order chi connectivity index (χ1) is 9.73. The van der Waals surface area contributed by atoms with Gasteiger partial charge in [0.2, 0.25) is 0 Å². The average molecular weight is 310 g/mol. The van der Waals surface area contributed by atoms with Crippen molar-refractivity contribution in [1.82, 2.24) is 9.97 Å². The van der Waals surface area contributed by atoms with Crippen molar-refractivity contribution in [2.24, 2.45) is 4.99 Å². The van der Waals surface area contributed by atoms with E-state index in [0.717, 1.165) is 12.8 Å². The van der Waals surface area contributed by atoms with Crippen LogP contribution in [0.4, 0.5) is 16.3 Å². The van der Waals surface area contributed by atoms with Gasteiger partial charge in [0.15, 0.2) is 5.82 Å². The molecule has 0 radical (unpaired) electrons. The quantitative estimate of drug-likeness (QED) is 0.684. The van der Waals surface area contributed by atoms with Crippen LogP contribution in [0.5, 0.6) is 0 Å². The zero-order valence-electron chi connectivity index (χ0n) is 13.2. The van der Waals surface area contributed by atoms with E-state index in [0.29, 0.717) is 22.8 Å². The summed E-state index contributed by atoms with van der Waals surface area (Å²) in [5.41, 5.74) is 1.18. The lowest BCUT2D eigenvalue weighted by molar-refractivity contribution is 0.0635. The Kier molecular flexibility index (Phi) is 6.21. The second kappa shape index (κ2) is 7.46. The minimum atomic E-state index is -0.568. The third-order valence-corrected chi connectivity index (χ3v) is 2.59. The monoisotopic (exact) mass is 310 g/mol. The minimum Gasteiger partial charge on any atom is -0.444 e. The maximum Gasteiger partial charge on any atom is 0.413 e. The average Bonchev–Trinajstić information content (AvgIpc) is 2.29. The van der Waals surface area contributed by atoms with Gasteiger partial charge in [0.1, 0.15) is 16.9 Å². The number of rotatable bonds is 4. The summed E-state index contributed by atoms with van der Waals surface area (Å²) >= 11 is 0. The smallest absolute Gasteiger partial charge is 0.413 e. The summed E-state index contributed by atoms with van der Waals surface area (Å²) in [4.78, 5) is 24.7. The molecule has 0 aliphatic heterocycles. The summed E-state index contributed by atoms with van der Waals surface area (Å²) in [5, 5.41) is 2.64. The summed E-state index contributed by atoms with van der Waals surface area (Å²) in [5.74, 6) is 0.356. The molecule has 1 aromatic rings. The molecule has 1 N–H and O–H groups in total. The predicted molar refractivity (Wildman–Crippen MR) is 89.0 cm³/mol. The number of carbonyl (C=O) groups is 1. The van der Waals surface area contributed by atoms with Crippen LogP contribution in [0.1, 0.15) is 46.2 Å². The summed E-state index contributed by atoms with van der Waals surface area (Å²) in [7, 11) is 2.41. The molecule has 1 aromatic heterocycles. The molecule has 21 heavy (non-hydrogen) atoms. The molecule has 7 heteroatoms. The topological polar surface area (TPSA) is 76.5 Å². The van der Waals surface area contributed by atoms with E-state index in [9.17, 15) is 4.79 Å². The molecule has 0 spiro atoms. The van der Waals surface area contributed by atoms with Gasteiger partial charge in [-0.15, -0.1) is 0 Å². The Morgan fingerprint density at radius 3 is 2.67 bits per heavy atom. The van der Waals surface area contributed by atoms with Crippen LogP contribution < -0.4 is 10.9 Å². The first kappa shape index (κ1) is 17.5. The highest BCUT2D eigenvalue weighted by atomic mass is 31.0. The van der Waals surface area contributed by atoms with Crippen LogP contribution in [-0.4, -0.2) is 27.9 Å². The van der Waals surface area contributed by atoms with Gasteiger partial charge in [-0.1, -0.05) is 22.6 Å². The maximum absolute atomic E-state index is 11.9. The van der Waals surface area contributed by atoms with Gasteiger partial charge in [0, 0.05) is 6.21 Å². The summed E-state index contributed by atoms with van der Waals surface area (Å²) in [6.07, 6.45) is 3.10. The van der Waals surface area contributed by atoms with Gasteiger partial charge in [-0.3, -0.25) is 10.3 Å². The number of aromatic nitrogens is 2. The Morgan fingerprint density at radius 1 is 1.43 bits per heavy atom. The van der Waals surface area contributed by atoms with E-state index in [1.165, 1.54) is 0 Å². The van der Waals surface area contributed by atoms with Gasteiger partial charge in [0.05, 0.1) is 5.69 Å². The van der Waals surface area contributed by atoms with Gasteiger partial charge < -0.3 is 4.74 Å². The number of nitrogens with one attached hydrogen (secondary N) is 1. The van der Waals surface area contributed by atoms with Crippen molar-refractivity contribution in [1.29, 1.82) is 0 Å². The molecule has 0 bridgehead atoms. The fourth-order valence-corrected chi connectivity index (χ4v) is 1.84. The molecule has 1 amide bonds. The lowest BCUT2D eigenvalue weighted by Crippen LogP contribution is -2.28. The van der Waals surface area contributed by atoms with Crippen molar-refractivity contribution in [3.8, 4) is 0 Å². The largest absolute Gasteiger partial charge is 0.444 e. The Bertz CT molecular complexity index is 539. The van der Waals surface area contributed by atoms with Crippen molar-refractivity contribution < 1.29 is 9.53 Å². The molecule has 1 rings (SSSR count). The second-order valence-corrected chi connectivity index (χ2v) is 6.11. The molecule has 116 valence electrons. The Labute approximate surface area is 128 Å². The molecule has 1 heterocycles. The van der Waals surface area contributed by atoms with Gasteiger partial charge in [-0.2, -0.15) is 0 Å². The first-order valence-electron chi connectivity index (χ1n) is 6.89. The van der Waals surface area contributed by atoms with E-state index in [4.69, 9.17) is 4.74 Å². The van der Waals surface area contributed by atoms with Crippen LogP contribution >= 0.6 is 9.24 Å². The van der Waals surface area contributed by atoms with E-state index in [2.05, 4.69) is 36.4 Å². The number of hydrogen-bond acceptors (Lipinski definition) is 5. The number of carbonyl (C=O) groups excluding carboxylic acids is 1. The third kappa shape index (κ3) is 6.17. The fourth-order valence-electron chi connectivity index (χ4n) is 1.52. The molecule has 0 aliphatic rings. The Balaban J connectivity index is 3.01. The number of ether oxygens (including phenoxy) is 1. The SMILES string of the molecule is CCCC=Nc1c(C)nc(P)nc1NC(=O)OC(C)(C)C. The molecule has 1 unspecified atom stereocenters. The zero-order valence-corrected chi connectivity index (χ0v) is 14.4. The van der Waals surface area contributed by atoms with E-state index < -0.39 is 11.7 Å². The second-order valence-electron chi connectivity index (χ2n) is 5.59. The number of amides is 1. The first-order valence-corrected chi connectivity index (χ1v) is 7.47. The molecule has 0 saturated heterocycles. The fraction of sp³-hybridized carbons (Fsp3) is 0.571. The number of nitrogens with zero attached hydrogens (tertiary/aromatic N) is 3. The lowest BCUT2D eigenvalue weighted by Gasteiger charge is -2.20. The maximum atomic E-state index is 11.9. The molecule has 0 aliphatic carbocycles. The van der Waals surface area contributed by atoms with Gasteiger partial charge in [0.25, 0.3) is 0 Å². The third-order valence-electron chi connectivity index (χ3n) is 2.33. The van der Waals surface area contributed by atoms with Crippen molar-refractivity contribution >= 4 is 38.6 Å². The van der Waals surface area contributed by atoms with Crippen molar-refractivity contribution in [3.05, 3.63) is 5.69 Å². The number of anilines is 1. The van der Waals surface area contributed by atoms with E-state index in [-0.39, 0.29) is 0 Å². The van der Waals surface area contributed by atoms with Crippen molar-refractivity contribution in [3.63, 3.8) is 0 Å². The molecule has 0 aromatic carbocycles. The highest BCUT2D eigenvalue weighted by molar-refractivity contribution is 7.26. The lowest BCUT2D eigenvalue weighted by atomic mass is 10.2.